The second kappa shape index (κ2) is 9.60. The summed E-state index contributed by atoms with van der Waals surface area (Å²) in [6.45, 7) is 3.34. The van der Waals surface area contributed by atoms with Gasteiger partial charge in [-0.25, -0.2) is 0 Å². The van der Waals surface area contributed by atoms with E-state index < -0.39 is 0 Å². The van der Waals surface area contributed by atoms with Crippen LogP contribution < -0.4 is 14.8 Å². The van der Waals surface area contributed by atoms with Crippen molar-refractivity contribution in [2.24, 2.45) is 0 Å². The van der Waals surface area contributed by atoms with Crippen LogP contribution in [0.1, 0.15) is 73.7 Å². The predicted molar refractivity (Wildman–Crippen MR) is 132 cm³/mol. The molecule has 1 aromatic heterocycles. The Morgan fingerprint density at radius 2 is 1.76 bits per heavy atom. The van der Waals surface area contributed by atoms with Gasteiger partial charge in [-0.3, -0.25) is 9.36 Å². The third-order valence-electron chi connectivity index (χ3n) is 7.41. The molecule has 2 aromatic carbocycles. The minimum absolute atomic E-state index is 0.0265. The van der Waals surface area contributed by atoms with Gasteiger partial charge in [-0.05, 0) is 99.0 Å². The Hall–Kier alpha value is -2.79. The first-order valence-electron chi connectivity index (χ1n) is 12.4. The second-order valence-electron chi connectivity index (χ2n) is 9.54. The number of nitrogens with zero attached hydrogens (tertiary/aromatic N) is 1. The highest BCUT2D eigenvalue weighted by Crippen LogP contribution is 2.35. The highest BCUT2D eigenvalue weighted by atomic mass is 16.5. The monoisotopic (exact) mass is 446 g/mol. The molecule has 0 spiro atoms. The second-order valence-corrected chi connectivity index (χ2v) is 9.54. The van der Waals surface area contributed by atoms with Crippen molar-refractivity contribution in [3.63, 3.8) is 0 Å². The molecule has 1 saturated carbocycles. The zero-order valence-corrected chi connectivity index (χ0v) is 19.7. The number of rotatable bonds is 6. The van der Waals surface area contributed by atoms with Crippen molar-refractivity contribution in [3.8, 4) is 11.5 Å². The molecule has 2 heterocycles. The predicted octanol–water partition coefficient (Wildman–Crippen LogP) is 5.91. The van der Waals surface area contributed by atoms with E-state index >= 15 is 0 Å². The Labute approximate surface area is 196 Å². The summed E-state index contributed by atoms with van der Waals surface area (Å²) >= 11 is 0. The zero-order valence-electron chi connectivity index (χ0n) is 19.7. The van der Waals surface area contributed by atoms with Gasteiger partial charge in [-0.2, -0.15) is 0 Å². The normalized spacial score (nSPS) is 20.1. The number of hydrogen-bond acceptors (Lipinski definition) is 4. The van der Waals surface area contributed by atoms with E-state index in [0.29, 0.717) is 23.6 Å². The van der Waals surface area contributed by atoms with E-state index in [2.05, 4.69) is 18.3 Å². The molecule has 0 amide bonds. The van der Waals surface area contributed by atoms with Crippen molar-refractivity contribution in [1.82, 2.24) is 9.88 Å². The van der Waals surface area contributed by atoms with Gasteiger partial charge in [0.15, 0.2) is 0 Å². The van der Waals surface area contributed by atoms with E-state index in [9.17, 15) is 4.79 Å². The number of carbonyl (C=O) groups is 1. The third-order valence-corrected chi connectivity index (χ3v) is 7.41. The van der Waals surface area contributed by atoms with E-state index in [1.54, 1.807) is 7.11 Å². The molecule has 1 N–H and O–H groups in total. The average Bonchev–Trinajstić information content (AvgIpc) is 3.52. The minimum Gasteiger partial charge on any atom is -0.497 e. The van der Waals surface area contributed by atoms with Crippen molar-refractivity contribution in [2.45, 2.75) is 69.9 Å². The van der Waals surface area contributed by atoms with Crippen LogP contribution in [-0.4, -0.2) is 36.3 Å². The molecule has 33 heavy (non-hydrogen) atoms. The lowest BCUT2D eigenvalue weighted by atomic mass is 9.92. The van der Waals surface area contributed by atoms with E-state index in [0.717, 1.165) is 41.8 Å². The fourth-order valence-electron chi connectivity index (χ4n) is 5.44. The van der Waals surface area contributed by atoms with Gasteiger partial charge < -0.3 is 14.8 Å². The Morgan fingerprint density at radius 3 is 2.45 bits per heavy atom. The number of hydrogen-bond donors (Lipinski definition) is 1. The molecule has 2 atom stereocenters. The maximum atomic E-state index is 13.5. The SMILES string of the molecule is COc1ccc(C(=O)n2cc(C(C)C3CCCN3)c3cc(OC4CCCCC4)ccc32)cc1. The molecular formula is C28H34N2O3. The van der Waals surface area contributed by atoms with Gasteiger partial charge in [0.25, 0.3) is 5.91 Å². The van der Waals surface area contributed by atoms with E-state index in [1.165, 1.54) is 37.7 Å². The fraction of sp³-hybridized carbons (Fsp3) is 0.464. The summed E-state index contributed by atoms with van der Waals surface area (Å²) in [6.07, 6.45) is 10.8. The van der Waals surface area contributed by atoms with Crippen molar-refractivity contribution in [3.05, 3.63) is 59.8 Å². The van der Waals surface area contributed by atoms with Gasteiger partial charge in [0.05, 0.1) is 18.7 Å². The maximum Gasteiger partial charge on any atom is 0.262 e. The first kappa shape index (κ1) is 22.0. The lowest BCUT2D eigenvalue weighted by Gasteiger charge is -2.23. The lowest BCUT2D eigenvalue weighted by molar-refractivity contribution is 0.0964. The molecule has 2 fully saturated rings. The van der Waals surface area contributed by atoms with E-state index in [-0.39, 0.29) is 5.91 Å². The molecule has 3 aromatic rings. The van der Waals surface area contributed by atoms with Crippen LogP contribution in [0.25, 0.3) is 10.9 Å². The molecular weight excluding hydrogens is 412 g/mol. The highest BCUT2D eigenvalue weighted by molar-refractivity contribution is 6.03. The molecule has 2 aliphatic rings. The first-order chi connectivity index (χ1) is 16.1. The average molecular weight is 447 g/mol. The summed E-state index contributed by atoms with van der Waals surface area (Å²) in [6, 6.07) is 14.0. The van der Waals surface area contributed by atoms with Crippen LogP contribution in [0.5, 0.6) is 11.5 Å². The number of nitrogens with one attached hydrogen (secondary N) is 1. The summed E-state index contributed by atoms with van der Waals surface area (Å²) in [5.41, 5.74) is 2.79. The summed E-state index contributed by atoms with van der Waals surface area (Å²) in [5.74, 6) is 1.94. The van der Waals surface area contributed by atoms with Crippen molar-refractivity contribution in [2.75, 3.05) is 13.7 Å². The number of carbonyl (C=O) groups excluding carboxylic acids is 1. The zero-order chi connectivity index (χ0) is 22.8. The molecule has 174 valence electrons. The van der Waals surface area contributed by atoms with Crippen LogP contribution in [0.3, 0.4) is 0 Å². The van der Waals surface area contributed by atoms with Crippen LogP contribution in [0, 0.1) is 0 Å². The Kier molecular flexibility index (Phi) is 6.41. The van der Waals surface area contributed by atoms with Crippen LogP contribution in [0.15, 0.2) is 48.7 Å². The van der Waals surface area contributed by atoms with Gasteiger partial charge in [-0.15, -0.1) is 0 Å². The smallest absolute Gasteiger partial charge is 0.262 e. The Morgan fingerprint density at radius 1 is 1.00 bits per heavy atom. The quantitative estimate of drug-likeness (QED) is 0.512. The molecule has 5 rings (SSSR count). The summed E-state index contributed by atoms with van der Waals surface area (Å²) in [7, 11) is 1.63. The summed E-state index contributed by atoms with van der Waals surface area (Å²) < 4.78 is 13.4. The summed E-state index contributed by atoms with van der Waals surface area (Å²) in [4.78, 5) is 13.5. The van der Waals surface area contributed by atoms with Crippen molar-refractivity contribution < 1.29 is 14.3 Å². The number of fused-ring (bicyclic) bond motifs is 1. The van der Waals surface area contributed by atoms with Crippen LogP contribution in [0.2, 0.25) is 0 Å². The molecule has 0 bridgehead atoms. The minimum atomic E-state index is -0.0265. The van der Waals surface area contributed by atoms with E-state index in [1.807, 2.05) is 47.2 Å². The molecule has 1 aliphatic carbocycles. The fourth-order valence-corrected chi connectivity index (χ4v) is 5.44. The van der Waals surface area contributed by atoms with Crippen LogP contribution in [0.4, 0.5) is 0 Å². The lowest BCUT2D eigenvalue weighted by Crippen LogP contribution is -2.27. The molecule has 2 unspecified atom stereocenters. The molecule has 0 radical (unpaired) electrons. The van der Waals surface area contributed by atoms with Gasteiger partial charge in [-0.1, -0.05) is 13.3 Å². The number of aromatic nitrogens is 1. The van der Waals surface area contributed by atoms with Gasteiger partial charge >= 0.3 is 0 Å². The van der Waals surface area contributed by atoms with Crippen LogP contribution in [-0.2, 0) is 0 Å². The number of methoxy groups -OCH3 is 1. The highest BCUT2D eigenvalue weighted by Gasteiger charge is 2.27. The molecule has 5 heteroatoms. The topological polar surface area (TPSA) is 52.5 Å². The standard InChI is InChI=1S/C28H34N2O3/c1-19(26-9-6-16-29-26)25-18-30(28(31)20-10-12-21(32-2)13-11-20)27-15-14-23(17-24(25)27)33-22-7-4-3-5-8-22/h10-15,17-19,22,26,29H,3-9,16H2,1-2H3. The Bertz CT molecular complexity index is 1110. The first-order valence-corrected chi connectivity index (χ1v) is 12.4. The van der Waals surface area contributed by atoms with Crippen molar-refractivity contribution >= 4 is 16.8 Å². The Balaban J connectivity index is 1.53. The maximum absolute atomic E-state index is 13.5. The number of benzene rings is 2. The largest absolute Gasteiger partial charge is 0.497 e. The summed E-state index contributed by atoms with van der Waals surface area (Å²) in [5, 5.41) is 4.76. The van der Waals surface area contributed by atoms with Crippen molar-refractivity contribution in [1.29, 1.82) is 0 Å². The van der Waals surface area contributed by atoms with Gasteiger partial charge in [0.2, 0.25) is 0 Å². The molecule has 1 saturated heterocycles. The molecule has 5 nitrogen and oxygen atoms in total. The van der Waals surface area contributed by atoms with Gasteiger partial charge in [0.1, 0.15) is 11.5 Å². The van der Waals surface area contributed by atoms with Gasteiger partial charge in [0, 0.05) is 23.2 Å². The number of ether oxygens (including phenoxy) is 2. The van der Waals surface area contributed by atoms with Crippen LogP contribution >= 0.6 is 0 Å². The molecule has 1 aliphatic heterocycles. The van der Waals surface area contributed by atoms with E-state index in [4.69, 9.17) is 9.47 Å². The third kappa shape index (κ3) is 4.51.